The molecule has 0 aliphatic carbocycles. The number of likely N-dealkylation sites (tertiary alicyclic amines) is 1. The molecule has 1 aromatic rings. The van der Waals surface area contributed by atoms with Crippen molar-refractivity contribution in [1.82, 2.24) is 10.2 Å². The second-order valence-corrected chi connectivity index (χ2v) is 5.99. The van der Waals surface area contributed by atoms with E-state index in [1.165, 1.54) is 62.7 Å². The molecule has 0 radical (unpaired) electrons. The quantitative estimate of drug-likeness (QED) is 0.790. The highest BCUT2D eigenvalue weighted by molar-refractivity contribution is 5.27. The number of benzene rings is 1. The molecule has 0 saturated carbocycles. The van der Waals surface area contributed by atoms with Gasteiger partial charge in [0.15, 0.2) is 0 Å². The summed E-state index contributed by atoms with van der Waals surface area (Å²) in [6.45, 7) is 8.02. The number of nitrogens with zero attached hydrogens (tertiary/aromatic N) is 1. The van der Waals surface area contributed by atoms with Crippen LogP contribution in [0.15, 0.2) is 24.3 Å². The molecule has 0 aromatic heterocycles. The SMILES string of the molecule is CCCNCc1ccccc1CN1CCCCCCC1. The molecular weight excluding hydrogens is 244 g/mol. The molecule has 1 N–H and O–H groups in total. The number of rotatable bonds is 6. The van der Waals surface area contributed by atoms with E-state index < -0.39 is 0 Å². The Kier molecular flexibility index (Phi) is 7.10. The van der Waals surface area contributed by atoms with Crippen LogP contribution in [0.25, 0.3) is 0 Å². The third-order valence-corrected chi connectivity index (χ3v) is 4.20. The summed E-state index contributed by atoms with van der Waals surface area (Å²) in [6.07, 6.45) is 8.21. The van der Waals surface area contributed by atoms with Crippen LogP contribution >= 0.6 is 0 Å². The lowest BCUT2D eigenvalue weighted by atomic mass is 10.0. The fourth-order valence-electron chi connectivity index (χ4n) is 3.00. The van der Waals surface area contributed by atoms with Crippen molar-refractivity contribution in [2.24, 2.45) is 0 Å². The predicted octanol–water partition coefficient (Wildman–Crippen LogP) is 3.95. The van der Waals surface area contributed by atoms with Gasteiger partial charge in [-0.15, -0.1) is 0 Å². The molecule has 20 heavy (non-hydrogen) atoms. The molecule has 1 aliphatic heterocycles. The molecule has 1 saturated heterocycles. The van der Waals surface area contributed by atoms with Crippen LogP contribution in [0.4, 0.5) is 0 Å². The second-order valence-electron chi connectivity index (χ2n) is 5.99. The normalized spacial score (nSPS) is 17.6. The van der Waals surface area contributed by atoms with E-state index >= 15 is 0 Å². The van der Waals surface area contributed by atoms with Gasteiger partial charge in [0.05, 0.1) is 0 Å². The smallest absolute Gasteiger partial charge is 0.0236 e. The van der Waals surface area contributed by atoms with E-state index in [-0.39, 0.29) is 0 Å². The standard InChI is InChI=1S/C18H30N2/c1-2-12-19-15-17-10-6-7-11-18(17)16-20-13-8-4-3-5-9-14-20/h6-7,10-11,19H,2-5,8-9,12-16H2,1H3. The van der Waals surface area contributed by atoms with Crippen LogP contribution in [0.2, 0.25) is 0 Å². The second kappa shape index (κ2) is 9.15. The highest BCUT2D eigenvalue weighted by Gasteiger charge is 2.10. The zero-order chi connectivity index (χ0) is 14.0. The van der Waals surface area contributed by atoms with Gasteiger partial charge in [-0.05, 0) is 50.0 Å². The van der Waals surface area contributed by atoms with Crippen LogP contribution < -0.4 is 5.32 Å². The first-order valence-corrected chi connectivity index (χ1v) is 8.40. The summed E-state index contributed by atoms with van der Waals surface area (Å²) < 4.78 is 0. The van der Waals surface area contributed by atoms with Crippen molar-refractivity contribution in [3.63, 3.8) is 0 Å². The number of hydrogen-bond donors (Lipinski definition) is 1. The maximum atomic E-state index is 3.53. The van der Waals surface area contributed by atoms with Gasteiger partial charge >= 0.3 is 0 Å². The Morgan fingerprint density at radius 2 is 1.60 bits per heavy atom. The largest absolute Gasteiger partial charge is 0.313 e. The zero-order valence-electron chi connectivity index (χ0n) is 13.0. The van der Waals surface area contributed by atoms with Crippen molar-refractivity contribution in [2.45, 2.75) is 58.5 Å². The third-order valence-electron chi connectivity index (χ3n) is 4.20. The van der Waals surface area contributed by atoms with E-state index in [1.54, 1.807) is 0 Å². The van der Waals surface area contributed by atoms with Crippen LogP contribution in [0.1, 0.15) is 56.6 Å². The molecule has 1 heterocycles. The predicted molar refractivity (Wildman–Crippen MR) is 86.8 cm³/mol. The van der Waals surface area contributed by atoms with Crippen molar-refractivity contribution < 1.29 is 0 Å². The van der Waals surface area contributed by atoms with Crippen LogP contribution in [0.3, 0.4) is 0 Å². The Labute approximate surface area is 124 Å². The van der Waals surface area contributed by atoms with Gasteiger partial charge in [-0.1, -0.05) is 50.5 Å². The van der Waals surface area contributed by atoms with Crippen LogP contribution in [0, 0.1) is 0 Å². The summed E-state index contributed by atoms with van der Waals surface area (Å²) in [5.74, 6) is 0. The molecule has 0 spiro atoms. The van der Waals surface area contributed by atoms with E-state index in [1.807, 2.05) is 0 Å². The van der Waals surface area contributed by atoms with Crippen molar-refractivity contribution in [2.75, 3.05) is 19.6 Å². The number of hydrogen-bond acceptors (Lipinski definition) is 2. The van der Waals surface area contributed by atoms with E-state index in [4.69, 9.17) is 0 Å². The Balaban J connectivity index is 1.92. The van der Waals surface area contributed by atoms with E-state index in [9.17, 15) is 0 Å². The molecule has 2 nitrogen and oxygen atoms in total. The summed E-state index contributed by atoms with van der Waals surface area (Å²) in [4.78, 5) is 2.65. The highest BCUT2D eigenvalue weighted by Crippen LogP contribution is 2.16. The molecule has 112 valence electrons. The van der Waals surface area contributed by atoms with E-state index in [0.29, 0.717) is 0 Å². The Morgan fingerprint density at radius 1 is 0.950 bits per heavy atom. The maximum Gasteiger partial charge on any atom is 0.0236 e. The molecule has 2 heteroatoms. The van der Waals surface area contributed by atoms with Crippen molar-refractivity contribution in [3.8, 4) is 0 Å². The molecule has 1 fully saturated rings. The molecule has 0 bridgehead atoms. The minimum atomic E-state index is 1.01. The Morgan fingerprint density at radius 3 is 2.30 bits per heavy atom. The topological polar surface area (TPSA) is 15.3 Å². The van der Waals surface area contributed by atoms with Crippen LogP contribution in [-0.2, 0) is 13.1 Å². The minimum absolute atomic E-state index is 1.01. The van der Waals surface area contributed by atoms with Gasteiger partial charge in [0.1, 0.15) is 0 Å². The third kappa shape index (κ3) is 5.26. The van der Waals surface area contributed by atoms with Crippen LogP contribution in [-0.4, -0.2) is 24.5 Å². The fourth-order valence-corrected chi connectivity index (χ4v) is 3.00. The van der Waals surface area contributed by atoms with E-state index in [2.05, 4.69) is 41.4 Å². The molecule has 0 unspecified atom stereocenters. The Hall–Kier alpha value is -0.860. The fraction of sp³-hybridized carbons (Fsp3) is 0.667. The number of nitrogens with one attached hydrogen (secondary N) is 1. The molecule has 1 aliphatic rings. The van der Waals surface area contributed by atoms with Gasteiger partial charge in [0.2, 0.25) is 0 Å². The molecule has 0 atom stereocenters. The Bertz CT molecular complexity index is 367. The van der Waals surface area contributed by atoms with Gasteiger partial charge in [0, 0.05) is 13.1 Å². The van der Waals surface area contributed by atoms with Gasteiger partial charge in [-0.25, -0.2) is 0 Å². The van der Waals surface area contributed by atoms with Crippen molar-refractivity contribution in [3.05, 3.63) is 35.4 Å². The summed E-state index contributed by atoms with van der Waals surface area (Å²) in [6, 6.07) is 8.94. The average molecular weight is 274 g/mol. The first-order chi connectivity index (χ1) is 9.90. The maximum absolute atomic E-state index is 3.53. The van der Waals surface area contributed by atoms with Crippen molar-refractivity contribution in [1.29, 1.82) is 0 Å². The van der Waals surface area contributed by atoms with Gasteiger partial charge < -0.3 is 5.32 Å². The van der Waals surface area contributed by atoms with Crippen LogP contribution in [0.5, 0.6) is 0 Å². The molecule has 0 amide bonds. The lowest BCUT2D eigenvalue weighted by Crippen LogP contribution is -2.27. The molecular formula is C18H30N2. The first-order valence-electron chi connectivity index (χ1n) is 8.40. The monoisotopic (exact) mass is 274 g/mol. The summed E-state index contributed by atoms with van der Waals surface area (Å²) in [7, 11) is 0. The summed E-state index contributed by atoms with van der Waals surface area (Å²) >= 11 is 0. The lowest BCUT2D eigenvalue weighted by molar-refractivity contribution is 0.239. The molecule has 2 rings (SSSR count). The lowest BCUT2D eigenvalue weighted by Gasteiger charge is -2.25. The van der Waals surface area contributed by atoms with Gasteiger partial charge in [0.25, 0.3) is 0 Å². The summed E-state index contributed by atoms with van der Waals surface area (Å²) in [5, 5.41) is 3.53. The zero-order valence-corrected chi connectivity index (χ0v) is 13.0. The highest BCUT2D eigenvalue weighted by atomic mass is 15.1. The van der Waals surface area contributed by atoms with Crippen molar-refractivity contribution >= 4 is 0 Å². The first kappa shape index (κ1) is 15.5. The summed E-state index contributed by atoms with van der Waals surface area (Å²) in [5.41, 5.74) is 2.99. The molecule has 1 aromatic carbocycles. The van der Waals surface area contributed by atoms with Gasteiger partial charge in [-0.2, -0.15) is 0 Å². The van der Waals surface area contributed by atoms with Gasteiger partial charge in [-0.3, -0.25) is 4.90 Å². The van der Waals surface area contributed by atoms with E-state index in [0.717, 1.165) is 19.6 Å². The average Bonchev–Trinajstić information content (AvgIpc) is 2.43. The minimum Gasteiger partial charge on any atom is -0.313 e.